The van der Waals surface area contributed by atoms with Crippen molar-refractivity contribution in [3.8, 4) is 0 Å². The van der Waals surface area contributed by atoms with Gasteiger partial charge in [0.25, 0.3) is 0 Å². The van der Waals surface area contributed by atoms with Gasteiger partial charge < -0.3 is 21.3 Å². The smallest absolute Gasteiger partial charge is 0.358 e. The summed E-state index contributed by atoms with van der Waals surface area (Å²) in [6.45, 7) is 5.61. The molecule has 0 aliphatic carbocycles. The molecule has 0 radical (unpaired) electrons. The van der Waals surface area contributed by atoms with Gasteiger partial charge in [-0.3, -0.25) is 43.8 Å². The standard InChI is InChI=1S/C33H47N9O4.Eu/c1-34-30(43)21-39-12-14-40(22-31(44)35-2)16-18-42(19-17-41(15-13-39)23-32(45)36-3)24-33(46)37-20-29-27-10-5-4-8-25(27)26-9-6-7-11-28(26)38-29;/h4-11H,12-24H2,1-3H3,(H,34,43)(H,35,44)(H,36,45)(H,37,46);/q;+3. The summed E-state index contributed by atoms with van der Waals surface area (Å²) in [4.78, 5) is 63.3. The number of carbonyl (C=O) groups is 4. The van der Waals surface area contributed by atoms with E-state index in [1.165, 1.54) is 0 Å². The van der Waals surface area contributed by atoms with Gasteiger partial charge in [-0.05, 0) is 11.5 Å². The molecule has 4 rings (SSSR count). The Bertz CT molecular complexity index is 1470. The van der Waals surface area contributed by atoms with Crippen LogP contribution in [0.25, 0.3) is 21.7 Å². The SMILES string of the molecule is CNC(=O)CN1CCN(CC(=O)NC)CCN(CC(=O)NCc2nc3ccccc3c3ccccc23)CCN(CC(=O)NC)CC1.[Eu+3]. The first kappa shape index (κ1) is 38.9. The van der Waals surface area contributed by atoms with Gasteiger partial charge in [0, 0.05) is 84.3 Å². The van der Waals surface area contributed by atoms with Crippen LogP contribution in [-0.2, 0) is 25.7 Å². The number of rotatable bonds is 10. The van der Waals surface area contributed by atoms with E-state index >= 15 is 0 Å². The molecule has 47 heavy (non-hydrogen) atoms. The molecule has 4 amide bonds. The van der Waals surface area contributed by atoms with E-state index in [-0.39, 0.29) is 99.2 Å². The van der Waals surface area contributed by atoms with Gasteiger partial charge in [-0.25, -0.2) is 0 Å². The largest absolute Gasteiger partial charge is 3.00 e. The minimum absolute atomic E-state index is 0. The molecule has 1 fully saturated rings. The number of hydrogen-bond donors (Lipinski definition) is 4. The van der Waals surface area contributed by atoms with Crippen molar-refractivity contribution in [1.82, 2.24) is 45.9 Å². The van der Waals surface area contributed by atoms with Crippen LogP contribution >= 0.6 is 0 Å². The van der Waals surface area contributed by atoms with Crippen molar-refractivity contribution in [2.75, 3.05) is 99.7 Å². The summed E-state index contributed by atoms with van der Waals surface area (Å²) in [5.74, 6) is -0.410. The van der Waals surface area contributed by atoms with Gasteiger partial charge in [-0.2, -0.15) is 0 Å². The van der Waals surface area contributed by atoms with Gasteiger partial charge in [-0.1, -0.05) is 42.5 Å². The maximum Gasteiger partial charge on any atom is 3.00 e. The predicted molar refractivity (Wildman–Crippen MR) is 179 cm³/mol. The monoisotopic (exact) mass is 786 g/mol. The molecule has 0 bridgehead atoms. The van der Waals surface area contributed by atoms with E-state index in [1.54, 1.807) is 21.1 Å². The number of carbonyl (C=O) groups excluding carboxylic acids is 4. The Labute approximate surface area is 317 Å². The summed E-state index contributed by atoms with van der Waals surface area (Å²) >= 11 is 0. The van der Waals surface area contributed by atoms with E-state index in [0.717, 1.165) is 27.4 Å². The molecule has 1 aliphatic rings. The molecular weight excluding hydrogens is 738 g/mol. The zero-order valence-corrected chi connectivity index (χ0v) is 30.0. The molecule has 252 valence electrons. The molecule has 4 N–H and O–H groups in total. The molecule has 1 saturated heterocycles. The molecule has 0 spiro atoms. The topological polar surface area (TPSA) is 142 Å². The Morgan fingerprint density at radius 1 is 0.553 bits per heavy atom. The minimum Gasteiger partial charge on any atom is -0.358 e. The number of hydrogen-bond acceptors (Lipinski definition) is 9. The molecular formula is C33H47EuN9O4+3. The van der Waals surface area contributed by atoms with Crippen molar-refractivity contribution in [2.24, 2.45) is 0 Å². The average molecular weight is 786 g/mol. The van der Waals surface area contributed by atoms with Gasteiger partial charge in [-0.15, -0.1) is 0 Å². The molecule has 0 unspecified atom stereocenters. The van der Waals surface area contributed by atoms with E-state index in [0.29, 0.717) is 58.9 Å². The van der Waals surface area contributed by atoms with E-state index in [9.17, 15) is 19.2 Å². The van der Waals surface area contributed by atoms with Crippen LogP contribution < -0.4 is 21.3 Å². The molecule has 14 heteroatoms. The number of para-hydroxylation sites is 1. The molecule has 13 nitrogen and oxygen atoms in total. The summed E-state index contributed by atoms with van der Waals surface area (Å²) in [6.07, 6.45) is 0. The number of amides is 4. The van der Waals surface area contributed by atoms with Crippen LogP contribution in [0.2, 0.25) is 0 Å². The quantitative estimate of drug-likeness (QED) is 0.200. The zero-order chi connectivity index (χ0) is 32.9. The normalized spacial score (nSPS) is 16.0. The van der Waals surface area contributed by atoms with Gasteiger partial charge in [0.05, 0.1) is 43.9 Å². The number of fused-ring (bicyclic) bond motifs is 3. The minimum atomic E-state index is -0.126. The van der Waals surface area contributed by atoms with Gasteiger partial charge in [0.15, 0.2) is 0 Å². The van der Waals surface area contributed by atoms with Crippen LogP contribution in [0.5, 0.6) is 0 Å². The Hall–Kier alpha value is -2.59. The molecule has 0 atom stereocenters. The maximum absolute atomic E-state index is 13.4. The van der Waals surface area contributed by atoms with Crippen LogP contribution in [0.15, 0.2) is 48.5 Å². The van der Waals surface area contributed by atoms with Crippen LogP contribution in [0, 0.1) is 49.4 Å². The summed E-state index contributed by atoms with van der Waals surface area (Å²) in [5, 5.41) is 14.3. The predicted octanol–water partition coefficient (Wildman–Crippen LogP) is -0.536. The zero-order valence-electron chi connectivity index (χ0n) is 27.6. The third-order valence-electron chi connectivity index (χ3n) is 8.38. The second-order valence-corrected chi connectivity index (χ2v) is 11.5. The first-order valence-corrected chi connectivity index (χ1v) is 15.8. The van der Waals surface area contributed by atoms with Gasteiger partial charge >= 0.3 is 49.4 Å². The number of nitrogens with zero attached hydrogens (tertiary/aromatic N) is 5. The number of nitrogens with one attached hydrogen (secondary N) is 4. The summed E-state index contributed by atoms with van der Waals surface area (Å²) in [7, 11) is 4.84. The van der Waals surface area contributed by atoms with Crippen molar-refractivity contribution in [2.45, 2.75) is 6.54 Å². The fraction of sp³-hybridized carbons (Fsp3) is 0.485. The van der Waals surface area contributed by atoms with Crippen LogP contribution in [-0.4, -0.2) is 148 Å². The second kappa shape index (κ2) is 20.0. The Morgan fingerprint density at radius 3 is 1.34 bits per heavy atom. The average Bonchev–Trinajstić information content (AvgIpc) is 3.07. The second-order valence-electron chi connectivity index (χ2n) is 11.5. The summed E-state index contributed by atoms with van der Waals surface area (Å²) in [5.41, 5.74) is 1.70. The molecule has 0 saturated carbocycles. The Morgan fingerprint density at radius 2 is 0.915 bits per heavy atom. The van der Waals surface area contributed by atoms with Gasteiger partial charge in [0.1, 0.15) is 0 Å². The summed E-state index contributed by atoms with van der Waals surface area (Å²) in [6, 6.07) is 16.1. The molecule has 2 heterocycles. The van der Waals surface area contributed by atoms with Crippen LogP contribution in [0.1, 0.15) is 5.69 Å². The van der Waals surface area contributed by atoms with Crippen molar-refractivity contribution in [3.63, 3.8) is 0 Å². The fourth-order valence-corrected chi connectivity index (χ4v) is 5.61. The van der Waals surface area contributed by atoms with Crippen LogP contribution in [0.4, 0.5) is 0 Å². The number of likely N-dealkylation sites (N-methyl/N-ethyl adjacent to an activating group) is 3. The fourth-order valence-electron chi connectivity index (χ4n) is 5.61. The summed E-state index contributed by atoms with van der Waals surface area (Å²) < 4.78 is 0. The first-order chi connectivity index (χ1) is 22.3. The number of benzene rings is 2. The molecule has 2 aromatic carbocycles. The molecule has 3 aromatic rings. The van der Waals surface area contributed by atoms with Crippen LogP contribution in [0.3, 0.4) is 0 Å². The third kappa shape index (κ3) is 12.1. The number of aromatic nitrogens is 1. The Kier molecular flexibility index (Phi) is 16.6. The van der Waals surface area contributed by atoms with E-state index in [1.807, 2.05) is 41.3 Å². The van der Waals surface area contributed by atoms with E-state index in [4.69, 9.17) is 4.98 Å². The van der Waals surface area contributed by atoms with Crippen molar-refractivity contribution in [3.05, 3.63) is 54.2 Å². The maximum atomic E-state index is 13.4. The van der Waals surface area contributed by atoms with E-state index in [2.05, 4.69) is 48.1 Å². The Balaban J connectivity index is 0.00000600. The molecule has 1 aromatic heterocycles. The number of pyridine rings is 1. The third-order valence-corrected chi connectivity index (χ3v) is 8.38. The first-order valence-electron chi connectivity index (χ1n) is 15.8. The van der Waals surface area contributed by atoms with Crippen molar-refractivity contribution in [1.29, 1.82) is 0 Å². The van der Waals surface area contributed by atoms with E-state index < -0.39 is 0 Å². The van der Waals surface area contributed by atoms with Gasteiger partial charge in [0.2, 0.25) is 23.6 Å². The van der Waals surface area contributed by atoms with Crippen molar-refractivity contribution >= 4 is 45.3 Å². The molecule has 1 aliphatic heterocycles. The van der Waals surface area contributed by atoms with Crippen molar-refractivity contribution < 1.29 is 68.6 Å².